The molecule has 0 spiro atoms. The number of amides is 1. The Bertz CT molecular complexity index is 726. The number of anilines is 1. The molecule has 1 aromatic carbocycles. The number of nitrogens with one attached hydrogen (secondary N) is 1. The van der Waals surface area contributed by atoms with E-state index in [4.69, 9.17) is 4.74 Å². The van der Waals surface area contributed by atoms with Gasteiger partial charge in [-0.2, -0.15) is 0 Å². The van der Waals surface area contributed by atoms with E-state index < -0.39 is 18.4 Å². The summed E-state index contributed by atoms with van der Waals surface area (Å²) in [5.41, 5.74) is 0.454. The number of benzene rings is 1. The molecule has 1 atom stereocenters. The monoisotopic (exact) mass is 322 g/mol. The number of rotatable bonds is 3. The number of carbonyl (C=O) groups is 1. The number of hydrogen-bond acceptors (Lipinski definition) is 5. The standard InChI is InChI=1S/C15H16F2N4O2/c1-18-15(22)11-8-21(6-7-23-11)14-9-4-2-3-5-10(9)19-13(20-14)12(16)17/h2-5,11-12H,6-8H2,1H3,(H,18,22). The number of hydrogen-bond donors (Lipinski definition) is 1. The van der Waals surface area contributed by atoms with Gasteiger partial charge >= 0.3 is 0 Å². The van der Waals surface area contributed by atoms with Gasteiger partial charge in [0.1, 0.15) is 5.82 Å². The molecule has 1 unspecified atom stereocenters. The first-order chi connectivity index (χ1) is 11.1. The molecule has 3 rings (SSSR count). The summed E-state index contributed by atoms with van der Waals surface area (Å²) >= 11 is 0. The predicted molar refractivity (Wildman–Crippen MR) is 80.5 cm³/mol. The maximum absolute atomic E-state index is 13.1. The molecule has 23 heavy (non-hydrogen) atoms. The third-order valence-electron chi connectivity index (χ3n) is 3.70. The molecule has 1 aromatic heterocycles. The molecule has 0 aliphatic carbocycles. The Kier molecular flexibility index (Phi) is 4.33. The Balaban J connectivity index is 2.02. The third-order valence-corrected chi connectivity index (χ3v) is 3.70. The van der Waals surface area contributed by atoms with Crippen LogP contribution in [0.3, 0.4) is 0 Å². The second-order valence-electron chi connectivity index (χ2n) is 5.14. The van der Waals surface area contributed by atoms with Crippen molar-refractivity contribution >= 4 is 22.6 Å². The lowest BCUT2D eigenvalue weighted by molar-refractivity contribution is -0.132. The average molecular weight is 322 g/mol. The Morgan fingerprint density at radius 1 is 1.39 bits per heavy atom. The van der Waals surface area contributed by atoms with Gasteiger partial charge in [0.05, 0.1) is 18.7 Å². The third kappa shape index (κ3) is 3.07. The first-order valence-electron chi connectivity index (χ1n) is 7.23. The first kappa shape index (κ1) is 15.5. The molecule has 1 fully saturated rings. The number of nitrogens with zero attached hydrogens (tertiary/aromatic N) is 3. The van der Waals surface area contributed by atoms with Gasteiger partial charge in [0, 0.05) is 19.0 Å². The van der Waals surface area contributed by atoms with Crippen molar-refractivity contribution in [2.24, 2.45) is 0 Å². The quantitative estimate of drug-likeness (QED) is 0.928. The molecule has 1 N–H and O–H groups in total. The van der Waals surface area contributed by atoms with Gasteiger partial charge in [0.2, 0.25) is 0 Å². The molecular formula is C15H16F2N4O2. The van der Waals surface area contributed by atoms with Crippen LogP contribution in [-0.4, -0.2) is 48.7 Å². The van der Waals surface area contributed by atoms with E-state index >= 15 is 0 Å². The molecule has 1 amide bonds. The SMILES string of the molecule is CNC(=O)C1CN(c2nc(C(F)F)nc3ccccc23)CCO1. The topological polar surface area (TPSA) is 67.4 Å². The highest BCUT2D eigenvalue weighted by atomic mass is 19.3. The summed E-state index contributed by atoms with van der Waals surface area (Å²) in [4.78, 5) is 21.5. The molecule has 1 aliphatic heterocycles. The Morgan fingerprint density at radius 2 is 2.17 bits per heavy atom. The van der Waals surface area contributed by atoms with Crippen molar-refractivity contribution in [2.75, 3.05) is 31.6 Å². The molecule has 0 radical (unpaired) electrons. The zero-order valence-corrected chi connectivity index (χ0v) is 12.5. The Hall–Kier alpha value is -2.35. The van der Waals surface area contributed by atoms with E-state index in [1.54, 1.807) is 29.2 Å². The Labute approximate surface area is 131 Å². The number of aromatic nitrogens is 2. The number of ether oxygens (including phenoxy) is 1. The highest BCUT2D eigenvalue weighted by molar-refractivity contribution is 5.90. The van der Waals surface area contributed by atoms with Crippen molar-refractivity contribution < 1.29 is 18.3 Å². The van der Waals surface area contributed by atoms with Crippen LogP contribution in [0.15, 0.2) is 24.3 Å². The number of alkyl halides is 2. The van der Waals surface area contributed by atoms with Gasteiger partial charge in [-0.05, 0) is 12.1 Å². The highest BCUT2D eigenvalue weighted by Gasteiger charge is 2.28. The largest absolute Gasteiger partial charge is 0.365 e. The molecule has 1 aliphatic rings. The second kappa shape index (κ2) is 6.41. The molecule has 122 valence electrons. The first-order valence-corrected chi connectivity index (χ1v) is 7.23. The van der Waals surface area contributed by atoms with Gasteiger partial charge in [0.15, 0.2) is 11.9 Å². The van der Waals surface area contributed by atoms with E-state index in [1.807, 2.05) is 0 Å². The lowest BCUT2D eigenvalue weighted by Crippen LogP contribution is -2.49. The van der Waals surface area contributed by atoms with Crippen LogP contribution in [0.5, 0.6) is 0 Å². The van der Waals surface area contributed by atoms with E-state index in [-0.39, 0.29) is 12.5 Å². The predicted octanol–water partition coefficient (Wildman–Crippen LogP) is 1.52. The second-order valence-corrected chi connectivity index (χ2v) is 5.14. The van der Waals surface area contributed by atoms with Gasteiger partial charge in [0.25, 0.3) is 12.3 Å². The van der Waals surface area contributed by atoms with Gasteiger partial charge in [-0.3, -0.25) is 4.79 Å². The van der Waals surface area contributed by atoms with Crippen LogP contribution in [0.1, 0.15) is 12.2 Å². The molecule has 2 aromatic rings. The van der Waals surface area contributed by atoms with Crippen LogP contribution >= 0.6 is 0 Å². The summed E-state index contributed by atoms with van der Waals surface area (Å²) < 4.78 is 31.6. The van der Waals surface area contributed by atoms with Gasteiger partial charge in [-0.25, -0.2) is 18.7 Å². The lowest BCUT2D eigenvalue weighted by Gasteiger charge is -2.33. The summed E-state index contributed by atoms with van der Waals surface area (Å²) in [7, 11) is 1.53. The molecule has 2 heterocycles. The zero-order chi connectivity index (χ0) is 16.4. The molecule has 0 saturated carbocycles. The lowest BCUT2D eigenvalue weighted by atomic mass is 10.2. The van der Waals surface area contributed by atoms with E-state index in [0.29, 0.717) is 29.9 Å². The number of halogens is 2. The number of morpholine rings is 1. The maximum atomic E-state index is 13.1. The van der Waals surface area contributed by atoms with Gasteiger partial charge < -0.3 is 15.0 Å². The van der Waals surface area contributed by atoms with Crippen LogP contribution in [0.4, 0.5) is 14.6 Å². The van der Waals surface area contributed by atoms with Crippen LogP contribution in [0.25, 0.3) is 10.9 Å². The molecule has 1 saturated heterocycles. The van der Waals surface area contributed by atoms with E-state index in [9.17, 15) is 13.6 Å². The molecular weight excluding hydrogens is 306 g/mol. The number of para-hydroxylation sites is 1. The van der Waals surface area contributed by atoms with Gasteiger partial charge in [-0.15, -0.1) is 0 Å². The minimum absolute atomic E-state index is 0.248. The van der Waals surface area contributed by atoms with Crippen molar-refractivity contribution in [3.63, 3.8) is 0 Å². The van der Waals surface area contributed by atoms with Crippen LogP contribution < -0.4 is 10.2 Å². The van der Waals surface area contributed by atoms with Crippen LogP contribution in [-0.2, 0) is 9.53 Å². The van der Waals surface area contributed by atoms with E-state index in [2.05, 4.69) is 15.3 Å². The number of likely N-dealkylation sites (N-methyl/N-ethyl adjacent to an activating group) is 1. The summed E-state index contributed by atoms with van der Waals surface area (Å²) in [6.45, 7) is 1.04. The minimum Gasteiger partial charge on any atom is -0.365 e. The van der Waals surface area contributed by atoms with Gasteiger partial charge in [-0.1, -0.05) is 12.1 Å². The maximum Gasteiger partial charge on any atom is 0.297 e. The number of carbonyl (C=O) groups excluding carboxylic acids is 1. The number of fused-ring (bicyclic) bond motifs is 1. The average Bonchev–Trinajstić information content (AvgIpc) is 2.60. The summed E-state index contributed by atoms with van der Waals surface area (Å²) in [6.07, 6.45) is -3.41. The zero-order valence-electron chi connectivity index (χ0n) is 12.5. The van der Waals surface area contributed by atoms with Crippen molar-refractivity contribution in [1.29, 1.82) is 0 Å². The van der Waals surface area contributed by atoms with Crippen LogP contribution in [0.2, 0.25) is 0 Å². The summed E-state index contributed by atoms with van der Waals surface area (Å²) in [6, 6.07) is 6.99. The fourth-order valence-corrected chi connectivity index (χ4v) is 2.58. The molecule has 6 nitrogen and oxygen atoms in total. The van der Waals surface area contributed by atoms with Crippen molar-refractivity contribution in [3.05, 3.63) is 30.1 Å². The Morgan fingerprint density at radius 3 is 2.91 bits per heavy atom. The van der Waals surface area contributed by atoms with Crippen molar-refractivity contribution in [1.82, 2.24) is 15.3 Å². The van der Waals surface area contributed by atoms with E-state index in [1.165, 1.54) is 7.05 Å². The minimum atomic E-state index is -2.76. The van der Waals surface area contributed by atoms with Crippen molar-refractivity contribution in [3.8, 4) is 0 Å². The summed E-state index contributed by atoms with van der Waals surface area (Å²) in [5.74, 6) is -0.355. The van der Waals surface area contributed by atoms with Crippen molar-refractivity contribution in [2.45, 2.75) is 12.5 Å². The highest BCUT2D eigenvalue weighted by Crippen LogP contribution is 2.28. The summed E-state index contributed by atoms with van der Waals surface area (Å²) in [5, 5.41) is 3.21. The fraction of sp³-hybridized carbons (Fsp3) is 0.400. The normalized spacial score (nSPS) is 18.4. The smallest absolute Gasteiger partial charge is 0.297 e. The van der Waals surface area contributed by atoms with Crippen LogP contribution in [0, 0.1) is 0 Å². The van der Waals surface area contributed by atoms with E-state index in [0.717, 1.165) is 0 Å². The molecule has 0 bridgehead atoms. The fourth-order valence-electron chi connectivity index (χ4n) is 2.58. The molecule has 8 heteroatoms.